The molecule has 4 rings (SSSR count). The van der Waals surface area contributed by atoms with Crippen LogP contribution in [0.4, 0.5) is 5.69 Å². The molecule has 0 unspecified atom stereocenters. The number of carboxylic acid groups (broad SMARTS) is 1. The maximum absolute atomic E-state index is 12.1. The van der Waals surface area contributed by atoms with Crippen LogP contribution in [0.1, 0.15) is 38.1 Å². The summed E-state index contributed by atoms with van der Waals surface area (Å²) in [5, 5.41) is 11.9. The summed E-state index contributed by atoms with van der Waals surface area (Å²) in [4.78, 5) is 14.3. The molecule has 2 N–H and O–H groups in total. The fourth-order valence-corrected chi connectivity index (χ4v) is 4.62. The molecule has 0 spiro atoms. The number of nitrogens with zero attached hydrogens (tertiary/aromatic N) is 2. The van der Waals surface area contributed by atoms with Crippen LogP contribution in [0.2, 0.25) is 0 Å². The average molecular weight is 605 g/mol. The van der Waals surface area contributed by atoms with Gasteiger partial charge >= 0.3 is 37.0 Å². The molecule has 0 amide bonds. The molecule has 0 saturated carbocycles. The van der Waals surface area contributed by atoms with Gasteiger partial charge in [0.15, 0.2) is 0 Å². The standard InChI is InChI=1S/C28H30N2O3.Mo.H2O.3O/c1-5-29(6-2)19-13-15-23-25(17-19)33-26-18-20(30(7-3)8-4)14-16-24(26)27(23)21-11-9-10-12-22(21)28(31)32;;;;;/h9-18H,5-8H2,1-4H3;;1H2;;;/q;+1;;;;-1. The molecule has 1 aliphatic heterocycles. The Labute approximate surface area is 225 Å². The van der Waals surface area contributed by atoms with Crippen molar-refractivity contribution in [1.29, 1.82) is 0 Å². The molecule has 38 heavy (non-hydrogen) atoms. The van der Waals surface area contributed by atoms with Crippen LogP contribution in [-0.4, -0.2) is 41.0 Å². The monoisotopic (exact) mass is 606 g/mol. The van der Waals surface area contributed by atoms with E-state index in [0.29, 0.717) is 5.56 Å². The van der Waals surface area contributed by atoms with Crippen LogP contribution in [0.3, 0.4) is 0 Å². The predicted molar refractivity (Wildman–Crippen MR) is 139 cm³/mol. The third-order valence-corrected chi connectivity index (χ3v) is 6.37. The first-order valence-electron chi connectivity index (χ1n) is 12.4. The summed E-state index contributed by atoms with van der Waals surface area (Å²) in [6, 6.07) is 19.6. The van der Waals surface area contributed by atoms with Gasteiger partial charge in [0, 0.05) is 47.4 Å². The Bertz CT molecular complexity index is 1570. The Hall–Kier alpha value is -3.39. The summed E-state index contributed by atoms with van der Waals surface area (Å²) in [5.41, 5.74) is 4.62. The molecule has 202 valence electrons. The number of hydrogen-bond acceptors (Lipinski definition) is 6. The molecular weight excluding hydrogens is 572 g/mol. The van der Waals surface area contributed by atoms with Gasteiger partial charge in [-0.05, 0) is 57.5 Å². The molecule has 10 heteroatoms. The van der Waals surface area contributed by atoms with Gasteiger partial charge in [-0.3, -0.25) is 0 Å². The Morgan fingerprint density at radius 1 is 0.947 bits per heavy atom. The van der Waals surface area contributed by atoms with Gasteiger partial charge in [-0.25, -0.2) is 9.37 Å². The van der Waals surface area contributed by atoms with E-state index >= 15 is 0 Å². The van der Waals surface area contributed by atoms with E-state index in [-0.39, 0.29) is 5.56 Å². The summed E-state index contributed by atoms with van der Waals surface area (Å²) in [6.07, 6.45) is 0. The number of rotatable bonds is 7. The van der Waals surface area contributed by atoms with Gasteiger partial charge in [-0.15, -0.1) is 0 Å². The second-order valence-corrected chi connectivity index (χ2v) is 10.6. The summed E-state index contributed by atoms with van der Waals surface area (Å²) < 4.78 is 42.0. The van der Waals surface area contributed by atoms with Gasteiger partial charge in [0.1, 0.15) is 24.4 Å². The molecule has 2 aliphatic rings. The van der Waals surface area contributed by atoms with Crippen molar-refractivity contribution in [3.05, 3.63) is 71.6 Å². The molecular formula is C28H32MoN2O7. The van der Waals surface area contributed by atoms with Gasteiger partial charge in [-0.1, -0.05) is 18.2 Å². The van der Waals surface area contributed by atoms with Crippen LogP contribution in [0.15, 0.2) is 65.1 Å². The van der Waals surface area contributed by atoms with Crippen LogP contribution >= 0.6 is 0 Å². The van der Waals surface area contributed by atoms with Crippen LogP contribution in [0.25, 0.3) is 33.4 Å². The van der Waals surface area contributed by atoms with Crippen molar-refractivity contribution in [1.82, 2.24) is 4.58 Å². The van der Waals surface area contributed by atoms with Gasteiger partial charge in [-0.2, -0.15) is 0 Å². The van der Waals surface area contributed by atoms with Crippen LogP contribution < -0.4 is 18.6 Å². The molecule has 0 radical (unpaired) electrons. The number of hydrogen-bond donors (Lipinski definition) is 2. The zero-order chi connectivity index (χ0) is 28.0. The van der Waals surface area contributed by atoms with E-state index in [2.05, 4.69) is 73.6 Å². The summed E-state index contributed by atoms with van der Waals surface area (Å²) >= 11 is -5.77. The summed E-state index contributed by atoms with van der Waals surface area (Å²) in [5.74, 6) is -0.189. The Morgan fingerprint density at radius 3 is 2.16 bits per heavy atom. The fourth-order valence-electron chi connectivity index (χ4n) is 4.62. The second kappa shape index (κ2) is 12.4. The van der Waals surface area contributed by atoms with Crippen LogP contribution in [-0.2, 0) is 23.5 Å². The first-order valence-corrected chi connectivity index (χ1v) is 15.7. The summed E-state index contributed by atoms with van der Waals surface area (Å²) in [7, 11) is 0. The van der Waals surface area contributed by atoms with E-state index in [1.807, 2.05) is 12.1 Å². The zero-order valence-electron chi connectivity index (χ0n) is 21.8. The number of aromatic carboxylic acids is 1. The van der Waals surface area contributed by atoms with E-state index in [1.54, 1.807) is 12.1 Å². The van der Waals surface area contributed by atoms with Crippen LogP contribution in [0.5, 0.6) is 0 Å². The second-order valence-electron chi connectivity index (χ2n) is 8.46. The first-order chi connectivity index (χ1) is 18.0. The minimum atomic E-state index is -5.77. The minimum absolute atomic E-state index is 0.284. The zero-order valence-corrected chi connectivity index (χ0v) is 23.8. The van der Waals surface area contributed by atoms with Crippen molar-refractivity contribution in [2.24, 2.45) is 0 Å². The van der Waals surface area contributed by atoms with Gasteiger partial charge in [0.25, 0.3) is 0 Å². The fraction of sp³-hybridized carbons (Fsp3) is 0.286. The van der Waals surface area contributed by atoms with Crippen molar-refractivity contribution in [3.63, 3.8) is 0 Å². The van der Waals surface area contributed by atoms with Crippen molar-refractivity contribution in [2.45, 2.75) is 27.7 Å². The Kier molecular flexibility index (Phi) is 9.54. The first kappa shape index (κ1) is 29.2. The number of carboxylic acids is 1. The van der Waals surface area contributed by atoms with E-state index < -0.39 is 22.7 Å². The molecule has 2 aromatic rings. The molecule has 1 aliphatic carbocycles. The molecule has 1 heterocycles. The van der Waals surface area contributed by atoms with Crippen molar-refractivity contribution in [3.8, 4) is 22.5 Å². The SMILES string of the molecule is CCN(CC)c1ccc2c(-c3ccccc3C(=O)O)c3ccc(=[N+](CC)CC)cc-3oc2c1.[O]=[Mo](=[O])([O-])[OH]. The van der Waals surface area contributed by atoms with Crippen molar-refractivity contribution >= 4 is 22.6 Å². The number of carbonyl (C=O) groups is 1. The van der Waals surface area contributed by atoms with E-state index in [4.69, 9.17) is 18.7 Å². The Morgan fingerprint density at radius 2 is 1.58 bits per heavy atom. The third-order valence-electron chi connectivity index (χ3n) is 6.37. The number of fused-ring (bicyclic) bond motifs is 2. The molecule has 2 aromatic carbocycles. The van der Waals surface area contributed by atoms with Crippen molar-refractivity contribution in [2.75, 3.05) is 31.1 Å². The molecule has 0 atom stereocenters. The normalized spacial score (nSPS) is 11.2. The molecule has 0 saturated heterocycles. The number of anilines is 1. The predicted octanol–water partition coefficient (Wildman–Crippen LogP) is 3.57. The van der Waals surface area contributed by atoms with Gasteiger partial charge in [0.05, 0.1) is 11.6 Å². The number of benzene rings is 3. The molecule has 9 nitrogen and oxygen atoms in total. The summed E-state index contributed by atoms with van der Waals surface area (Å²) in [6.45, 7) is 12.1. The third kappa shape index (κ3) is 6.72. The van der Waals surface area contributed by atoms with Crippen LogP contribution in [0, 0.1) is 0 Å². The van der Waals surface area contributed by atoms with Gasteiger partial charge in [0.2, 0.25) is 5.36 Å². The molecule has 0 fully saturated rings. The Balaban J connectivity index is 0.000000732. The molecule has 0 bridgehead atoms. The molecule has 0 aromatic heterocycles. The van der Waals surface area contributed by atoms with Crippen molar-refractivity contribution < 1.29 is 45.4 Å². The van der Waals surface area contributed by atoms with E-state index in [9.17, 15) is 9.90 Å². The van der Waals surface area contributed by atoms with Gasteiger partial charge < -0.3 is 14.4 Å². The quantitative estimate of drug-likeness (QED) is 0.186. The topological polar surface area (TPSA) is 134 Å². The van der Waals surface area contributed by atoms with E-state index in [1.165, 1.54) is 0 Å². The van der Waals surface area contributed by atoms with E-state index in [0.717, 1.165) is 65.1 Å². The maximum atomic E-state index is 12.1. The average Bonchev–Trinajstić information content (AvgIpc) is 2.87.